The number of hydrogen-bond acceptors (Lipinski definition) is 2. The molecular formula is C35H20BNO. The van der Waals surface area contributed by atoms with Crippen molar-refractivity contribution >= 4 is 74.6 Å². The van der Waals surface area contributed by atoms with Crippen LogP contribution >= 0.6 is 0 Å². The van der Waals surface area contributed by atoms with Gasteiger partial charge in [-0.3, -0.25) is 0 Å². The number of furan rings is 1. The number of pyridine rings is 1. The molecule has 0 N–H and O–H groups in total. The van der Waals surface area contributed by atoms with Crippen molar-refractivity contribution in [3.63, 3.8) is 0 Å². The van der Waals surface area contributed by atoms with E-state index >= 15 is 0 Å². The second-order valence-corrected chi connectivity index (χ2v) is 10.5. The monoisotopic (exact) mass is 481 g/mol. The Balaban J connectivity index is 1.39. The van der Waals surface area contributed by atoms with Crippen LogP contribution in [0.2, 0.25) is 0 Å². The predicted octanol–water partition coefficient (Wildman–Crippen LogP) is 7.86. The van der Waals surface area contributed by atoms with Crippen LogP contribution in [0.5, 0.6) is 0 Å². The van der Waals surface area contributed by atoms with Gasteiger partial charge in [-0.2, -0.15) is 0 Å². The van der Waals surface area contributed by atoms with Crippen molar-refractivity contribution in [2.45, 2.75) is 5.92 Å². The van der Waals surface area contributed by atoms with Crippen molar-refractivity contribution in [3.05, 3.63) is 125 Å². The van der Waals surface area contributed by atoms with Gasteiger partial charge in [0.15, 0.2) is 0 Å². The van der Waals surface area contributed by atoms with Crippen molar-refractivity contribution in [3.8, 4) is 0 Å². The van der Waals surface area contributed by atoms with Gasteiger partial charge in [0.05, 0.1) is 11.2 Å². The molecular weight excluding hydrogens is 461 g/mol. The SMILES string of the molecule is [B]c1ccc2oc3ccc4c(C5=CC=C6C=Cc7cccc8c7C6C5C=C8)nc5ccccc5c4c3c2c1. The topological polar surface area (TPSA) is 26.0 Å². The fourth-order valence-corrected chi connectivity index (χ4v) is 6.94. The van der Waals surface area contributed by atoms with Gasteiger partial charge in [0, 0.05) is 38.8 Å². The molecule has 2 radical (unpaired) electrons. The summed E-state index contributed by atoms with van der Waals surface area (Å²) in [5, 5.41) is 5.59. The number of rotatable bonds is 1. The Labute approximate surface area is 220 Å². The molecule has 2 aromatic heterocycles. The molecule has 174 valence electrons. The maximum atomic E-state index is 6.29. The molecule has 3 heteroatoms. The summed E-state index contributed by atoms with van der Waals surface area (Å²) >= 11 is 0. The summed E-state index contributed by atoms with van der Waals surface area (Å²) in [6, 6.07) is 25.2. The predicted molar refractivity (Wildman–Crippen MR) is 159 cm³/mol. The maximum Gasteiger partial charge on any atom is 0.136 e. The highest BCUT2D eigenvalue weighted by atomic mass is 16.3. The second-order valence-electron chi connectivity index (χ2n) is 10.5. The van der Waals surface area contributed by atoms with Crippen LogP contribution in [0.3, 0.4) is 0 Å². The number of aromatic nitrogens is 1. The fraction of sp³-hybridized carbons (Fsp3) is 0.0571. The summed E-state index contributed by atoms with van der Waals surface area (Å²) in [4.78, 5) is 5.32. The molecule has 3 aliphatic rings. The highest BCUT2D eigenvalue weighted by molar-refractivity contribution is 6.35. The zero-order valence-electron chi connectivity index (χ0n) is 20.5. The number of para-hydroxylation sites is 1. The van der Waals surface area contributed by atoms with Crippen LogP contribution in [-0.2, 0) is 0 Å². The molecule has 0 spiro atoms. The third-order valence-electron chi connectivity index (χ3n) is 8.55. The lowest BCUT2D eigenvalue weighted by Crippen LogP contribution is -2.23. The zero-order chi connectivity index (χ0) is 25.0. The Morgan fingerprint density at radius 3 is 2.53 bits per heavy atom. The van der Waals surface area contributed by atoms with Gasteiger partial charge in [0.25, 0.3) is 0 Å². The van der Waals surface area contributed by atoms with Gasteiger partial charge in [0.1, 0.15) is 19.0 Å². The number of nitrogens with zero attached hydrogens (tertiary/aromatic N) is 1. The molecule has 0 fully saturated rings. The lowest BCUT2D eigenvalue weighted by molar-refractivity contribution is 0.669. The van der Waals surface area contributed by atoms with Crippen LogP contribution < -0.4 is 5.46 Å². The first kappa shape index (κ1) is 20.4. The maximum absolute atomic E-state index is 6.29. The summed E-state index contributed by atoms with van der Waals surface area (Å²) in [5.41, 5.74) is 11.2. The third-order valence-corrected chi connectivity index (χ3v) is 8.55. The summed E-state index contributed by atoms with van der Waals surface area (Å²) in [5.74, 6) is 0.524. The van der Waals surface area contributed by atoms with Gasteiger partial charge in [-0.1, -0.05) is 90.4 Å². The number of allylic oxidation sites excluding steroid dienone is 6. The average Bonchev–Trinajstić information content (AvgIpc) is 3.33. The lowest BCUT2D eigenvalue weighted by Gasteiger charge is -2.38. The van der Waals surface area contributed by atoms with E-state index in [0.717, 1.165) is 49.4 Å². The summed E-state index contributed by atoms with van der Waals surface area (Å²) in [6.07, 6.45) is 13.8. The van der Waals surface area contributed by atoms with Gasteiger partial charge >= 0.3 is 0 Å². The number of hydrogen-bond donors (Lipinski definition) is 0. The molecule has 38 heavy (non-hydrogen) atoms. The van der Waals surface area contributed by atoms with Crippen molar-refractivity contribution in [2.75, 3.05) is 0 Å². The highest BCUT2D eigenvalue weighted by Crippen LogP contribution is 2.52. The molecule has 4 aromatic carbocycles. The molecule has 0 saturated carbocycles. The van der Waals surface area contributed by atoms with Crippen LogP contribution in [0, 0.1) is 5.92 Å². The van der Waals surface area contributed by atoms with E-state index in [1.807, 2.05) is 18.2 Å². The molecule has 0 saturated heterocycles. The van der Waals surface area contributed by atoms with Crippen molar-refractivity contribution < 1.29 is 4.42 Å². The van der Waals surface area contributed by atoms with Crippen LogP contribution in [0.15, 0.2) is 107 Å². The van der Waals surface area contributed by atoms with Crippen molar-refractivity contribution in [1.82, 2.24) is 4.98 Å². The van der Waals surface area contributed by atoms with E-state index < -0.39 is 0 Å². The van der Waals surface area contributed by atoms with Gasteiger partial charge in [0.2, 0.25) is 0 Å². The van der Waals surface area contributed by atoms with Crippen LogP contribution in [-0.4, -0.2) is 12.8 Å². The number of fused-ring (bicyclic) bond motifs is 7. The zero-order valence-corrected chi connectivity index (χ0v) is 20.5. The molecule has 2 heterocycles. The molecule has 9 rings (SSSR count). The van der Waals surface area contributed by atoms with E-state index in [9.17, 15) is 0 Å². The first-order valence-corrected chi connectivity index (χ1v) is 13.1. The molecule has 3 aliphatic carbocycles. The first-order chi connectivity index (χ1) is 18.7. The first-order valence-electron chi connectivity index (χ1n) is 13.1. The second kappa shape index (κ2) is 7.23. The molecule has 2 nitrogen and oxygen atoms in total. The highest BCUT2D eigenvalue weighted by Gasteiger charge is 2.37. The van der Waals surface area contributed by atoms with Crippen LogP contribution in [0.25, 0.3) is 61.3 Å². The van der Waals surface area contributed by atoms with Crippen LogP contribution in [0.4, 0.5) is 0 Å². The van der Waals surface area contributed by atoms with Gasteiger partial charge < -0.3 is 4.42 Å². The fourth-order valence-electron chi connectivity index (χ4n) is 6.94. The minimum absolute atomic E-state index is 0.220. The van der Waals surface area contributed by atoms with E-state index in [1.54, 1.807) is 0 Å². The number of benzene rings is 4. The molecule has 0 bridgehead atoms. The average molecular weight is 481 g/mol. The molecule has 2 atom stereocenters. The molecule has 2 unspecified atom stereocenters. The smallest absolute Gasteiger partial charge is 0.136 e. The van der Waals surface area contributed by atoms with E-state index in [-0.39, 0.29) is 5.92 Å². The standard InChI is InChI=1S/C35H20BNO/c36-22-12-16-29-27(18-22)34-30(38-29)17-15-26-33(34)25-6-1-2-7-28(25)37-35(26)24-14-11-21-9-8-19-4-3-5-20-10-13-23(24)32(21)31(19)20/h1-18,23,32H. The summed E-state index contributed by atoms with van der Waals surface area (Å²) in [7, 11) is 6.24. The molecule has 0 aliphatic heterocycles. The van der Waals surface area contributed by atoms with Crippen molar-refractivity contribution in [2.24, 2.45) is 5.92 Å². The normalized spacial score (nSPS) is 19.3. The molecule has 6 aromatic rings. The van der Waals surface area contributed by atoms with Crippen molar-refractivity contribution in [1.29, 1.82) is 0 Å². The Kier molecular flexibility index (Phi) is 3.89. The van der Waals surface area contributed by atoms with E-state index in [1.165, 1.54) is 33.2 Å². The van der Waals surface area contributed by atoms with Gasteiger partial charge in [-0.15, -0.1) is 0 Å². The van der Waals surface area contributed by atoms with Crippen LogP contribution in [0.1, 0.15) is 28.3 Å². The molecule has 0 amide bonds. The Hall–Kier alpha value is -4.63. The van der Waals surface area contributed by atoms with Gasteiger partial charge in [-0.05, 0) is 52.1 Å². The Bertz CT molecular complexity index is 2160. The van der Waals surface area contributed by atoms with E-state index in [0.29, 0.717) is 5.92 Å². The third kappa shape index (κ3) is 2.61. The largest absolute Gasteiger partial charge is 0.456 e. The quantitative estimate of drug-likeness (QED) is 0.177. The lowest BCUT2D eigenvalue weighted by atomic mass is 9.65. The summed E-state index contributed by atoms with van der Waals surface area (Å²) < 4.78 is 6.29. The minimum atomic E-state index is 0.220. The minimum Gasteiger partial charge on any atom is -0.456 e. The Morgan fingerprint density at radius 1 is 0.711 bits per heavy atom. The van der Waals surface area contributed by atoms with E-state index in [2.05, 4.69) is 91.1 Å². The summed E-state index contributed by atoms with van der Waals surface area (Å²) in [6.45, 7) is 0. The van der Waals surface area contributed by atoms with Gasteiger partial charge in [-0.25, -0.2) is 4.98 Å². The van der Waals surface area contributed by atoms with E-state index in [4.69, 9.17) is 17.2 Å². The Morgan fingerprint density at radius 2 is 1.58 bits per heavy atom.